The highest BCUT2D eigenvalue weighted by atomic mass is 16.5. The van der Waals surface area contributed by atoms with Crippen molar-refractivity contribution in [1.82, 2.24) is 14.8 Å². The second-order valence-corrected chi connectivity index (χ2v) is 6.55. The van der Waals surface area contributed by atoms with Crippen LogP contribution in [-0.2, 0) is 9.53 Å². The molecule has 0 aliphatic rings. The summed E-state index contributed by atoms with van der Waals surface area (Å²) in [4.78, 5) is 29.6. The lowest BCUT2D eigenvalue weighted by atomic mass is 10.2. The first-order valence-electron chi connectivity index (χ1n) is 9.74. The van der Waals surface area contributed by atoms with E-state index in [9.17, 15) is 9.59 Å². The van der Waals surface area contributed by atoms with Crippen LogP contribution < -0.4 is 10.1 Å². The Morgan fingerprint density at radius 2 is 1.77 bits per heavy atom. The third kappa shape index (κ3) is 4.53. The number of amides is 1. The number of para-hydroxylation sites is 2. The number of aromatic nitrogens is 3. The van der Waals surface area contributed by atoms with E-state index in [4.69, 9.17) is 9.47 Å². The number of hydrogen-bond donors (Lipinski definition) is 1. The van der Waals surface area contributed by atoms with Crippen molar-refractivity contribution >= 4 is 28.6 Å². The Kier molecular flexibility index (Phi) is 5.89. The SMILES string of the molecule is CCOC(=O)c1cnn(-c2ccc3ccccc3n2)c1NC(=O)COc1ccccc1. The van der Waals surface area contributed by atoms with Gasteiger partial charge in [0.05, 0.1) is 18.3 Å². The Bertz CT molecular complexity index is 1220. The van der Waals surface area contributed by atoms with Gasteiger partial charge in [0.2, 0.25) is 0 Å². The van der Waals surface area contributed by atoms with E-state index >= 15 is 0 Å². The van der Waals surface area contributed by atoms with Gasteiger partial charge in [-0.2, -0.15) is 9.78 Å². The summed E-state index contributed by atoms with van der Waals surface area (Å²) >= 11 is 0. The van der Waals surface area contributed by atoms with Gasteiger partial charge in [-0.3, -0.25) is 4.79 Å². The van der Waals surface area contributed by atoms with Crippen LogP contribution in [0.15, 0.2) is 72.9 Å². The lowest BCUT2D eigenvalue weighted by molar-refractivity contribution is -0.118. The minimum atomic E-state index is -0.589. The van der Waals surface area contributed by atoms with E-state index in [0.717, 1.165) is 10.9 Å². The number of hydrogen-bond acceptors (Lipinski definition) is 6. The summed E-state index contributed by atoms with van der Waals surface area (Å²) in [5.41, 5.74) is 0.891. The predicted octanol–water partition coefficient (Wildman–Crippen LogP) is 3.61. The highest BCUT2D eigenvalue weighted by molar-refractivity contribution is 6.01. The molecule has 0 unspecified atom stereocenters. The van der Waals surface area contributed by atoms with E-state index in [-0.39, 0.29) is 24.6 Å². The van der Waals surface area contributed by atoms with Crippen molar-refractivity contribution in [2.45, 2.75) is 6.92 Å². The maximum absolute atomic E-state index is 12.6. The molecule has 0 saturated heterocycles. The zero-order valence-electron chi connectivity index (χ0n) is 16.8. The summed E-state index contributed by atoms with van der Waals surface area (Å²) < 4.78 is 12.0. The average Bonchev–Trinajstić information content (AvgIpc) is 3.21. The molecule has 4 rings (SSSR count). The molecule has 0 aliphatic carbocycles. The fourth-order valence-electron chi connectivity index (χ4n) is 3.01. The van der Waals surface area contributed by atoms with Crippen LogP contribution in [0.1, 0.15) is 17.3 Å². The predicted molar refractivity (Wildman–Crippen MR) is 115 cm³/mol. The van der Waals surface area contributed by atoms with Gasteiger partial charge >= 0.3 is 5.97 Å². The fourth-order valence-corrected chi connectivity index (χ4v) is 3.01. The molecule has 2 heterocycles. The van der Waals surface area contributed by atoms with Crippen LogP contribution in [0.5, 0.6) is 5.75 Å². The number of rotatable bonds is 7. The maximum atomic E-state index is 12.6. The van der Waals surface area contributed by atoms with Gasteiger partial charge < -0.3 is 14.8 Å². The first-order chi connectivity index (χ1) is 15.2. The summed E-state index contributed by atoms with van der Waals surface area (Å²) in [7, 11) is 0. The molecule has 8 nitrogen and oxygen atoms in total. The molecule has 0 fully saturated rings. The third-order valence-electron chi connectivity index (χ3n) is 4.44. The second kappa shape index (κ2) is 9.08. The number of anilines is 1. The van der Waals surface area contributed by atoms with Crippen molar-refractivity contribution in [3.63, 3.8) is 0 Å². The molecular formula is C23H20N4O4. The molecule has 0 atom stereocenters. The molecule has 1 amide bonds. The van der Waals surface area contributed by atoms with Crippen LogP contribution in [0.25, 0.3) is 16.7 Å². The molecule has 156 valence electrons. The van der Waals surface area contributed by atoms with Crippen molar-refractivity contribution < 1.29 is 19.1 Å². The minimum Gasteiger partial charge on any atom is -0.484 e. The summed E-state index contributed by atoms with van der Waals surface area (Å²) in [5.74, 6) is 0.148. The van der Waals surface area contributed by atoms with Gasteiger partial charge in [0.1, 0.15) is 11.3 Å². The molecule has 0 radical (unpaired) electrons. The van der Waals surface area contributed by atoms with Gasteiger partial charge in [-0.25, -0.2) is 9.78 Å². The zero-order valence-corrected chi connectivity index (χ0v) is 16.8. The highest BCUT2D eigenvalue weighted by Gasteiger charge is 2.22. The van der Waals surface area contributed by atoms with Gasteiger partial charge in [-0.05, 0) is 37.3 Å². The number of ether oxygens (including phenoxy) is 2. The number of nitrogens with one attached hydrogen (secondary N) is 1. The standard InChI is InChI=1S/C23H20N4O4/c1-2-30-23(29)18-14-24-27(20-13-12-16-8-6-7-11-19(16)25-20)22(18)26-21(28)15-31-17-9-4-3-5-10-17/h3-14H,2,15H2,1H3,(H,26,28). The number of pyridine rings is 1. The van der Waals surface area contributed by atoms with Crippen molar-refractivity contribution in [3.8, 4) is 11.6 Å². The summed E-state index contributed by atoms with van der Waals surface area (Å²) in [6.07, 6.45) is 1.35. The summed E-state index contributed by atoms with van der Waals surface area (Å²) in [6, 6.07) is 20.3. The molecule has 2 aromatic carbocycles. The van der Waals surface area contributed by atoms with E-state index in [1.807, 2.05) is 48.5 Å². The van der Waals surface area contributed by atoms with Crippen LogP contribution in [0.4, 0.5) is 5.82 Å². The smallest absolute Gasteiger partial charge is 0.343 e. The van der Waals surface area contributed by atoms with Crippen molar-refractivity contribution in [2.24, 2.45) is 0 Å². The van der Waals surface area contributed by atoms with E-state index < -0.39 is 11.9 Å². The number of fused-ring (bicyclic) bond motifs is 1. The largest absolute Gasteiger partial charge is 0.484 e. The monoisotopic (exact) mass is 416 g/mol. The van der Waals surface area contributed by atoms with E-state index in [2.05, 4.69) is 15.4 Å². The molecular weight excluding hydrogens is 396 g/mol. The average molecular weight is 416 g/mol. The van der Waals surface area contributed by atoms with Gasteiger partial charge in [0, 0.05) is 5.39 Å². The Morgan fingerprint density at radius 3 is 2.58 bits per heavy atom. The van der Waals surface area contributed by atoms with Crippen LogP contribution in [-0.4, -0.2) is 39.9 Å². The zero-order chi connectivity index (χ0) is 21.6. The number of nitrogens with zero attached hydrogens (tertiary/aromatic N) is 3. The van der Waals surface area contributed by atoms with Gasteiger partial charge in [0.15, 0.2) is 18.2 Å². The molecule has 4 aromatic rings. The first kappa shape index (κ1) is 20.1. The van der Waals surface area contributed by atoms with E-state index in [1.54, 1.807) is 25.1 Å². The van der Waals surface area contributed by atoms with Crippen molar-refractivity contribution in [3.05, 3.63) is 78.5 Å². The number of benzene rings is 2. The Balaban J connectivity index is 1.64. The Morgan fingerprint density at radius 1 is 1.00 bits per heavy atom. The molecule has 0 saturated carbocycles. The third-order valence-corrected chi connectivity index (χ3v) is 4.44. The second-order valence-electron chi connectivity index (χ2n) is 6.55. The van der Waals surface area contributed by atoms with Crippen molar-refractivity contribution in [2.75, 3.05) is 18.5 Å². The van der Waals surface area contributed by atoms with Crippen molar-refractivity contribution in [1.29, 1.82) is 0 Å². The van der Waals surface area contributed by atoms with Gasteiger partial charge in [-0.1, -0.05) is 36.4 Å². The molecule has 2 aromatic heterocycles. The summed E-state index contributed by atoms with van der Waals surface area (Å²) in [5, 5.41) is 7.94. The quantitative estimate of drug-likeness (QED) is 0.463. The first-order valence-corrected chi connectivity index (χ1v) is 9.74. The van der Waals surface area contributed by atoms with E-state index in [1.165, 1.54) is 10.9 Å². The Labute approximate surface area is 178 Å². The van der Waals surface area contributed by atoms with Gasteiger partial charge in [0.25, 0.3) is 5.91 Å². The maximum Gasteiger partial charge on any atom is 0.343 e. The highest BCUT2D eigenvalue weighted by Crippen LogP contribution is 2.22. The number of carbonyl (C=O) groups excluding carboxylic acids is 2. The normalized spacial score (nSPS) is 10.6. The van der Waals surface area contributed by atoms with Crippen LogP contribution >= 0.6 is 0 Å². The number of carbonyl (C=O) groups is 2. The minimum absolute atomic E-state index is 0.130. The lowest BCUT2D eigenvalue weighted by Gasteiger charge is -2.12. The molecule has 0 aliphatic heterocycles. The van der Waals surface area contributed by atoms with Gasteiger partial charge in [-0.15, -0.1) is 0 Å². The van der Waals surface area contributed by atoms with Crippen LogP contribution in [0.3, 0.4) is 0 Å². The molecule has 0 spiro atoms. The molecule has 0 bridgehead atoms. The number of esters is 1. The lowest BCUT2D eigenvalue weighted by Crippen LogP contribution is -2.23. The fraction of sp³-hybridized carbons (Fsp3) is 0.130. The Hall–Kier alpha value is -4.20. The molecule has 1 N–H and O–H groups in total. The molecule has 31 heavy (non-hydrogen) atoms. The van der Waals surface area contributed by atoms with Crippen LogP contribution in [0.2, 0.25) is 0 Å². The van der Waals surface area contributed by atoms with Crippen LogP contribution in [0, 0.1) is 0 Å². The van der Waals surface area contributed by atoms with E-state index in [0.29, 0.717) is 11.6 Å². The topological polar surface area (TPSA) is 95.3 Å². The molecule has 8 heteroatoms. The summed E-state index contributed by atoms with van der Waals surface area (Å²) in [6.45, 7) is 1.67.